The van der Waals surface area contributed by atoms with Crippen molar-refractivity contribution in [3.63, 3.8) is 0 Å². The minimum Gasteiger partial charge on any atom is -0.486 e. The van der Waals surface area contributed by atoms with Crippen LogP contribution in [0.3, 0.4) is 0 Å². The fraction of sp³-hybridized carbons (Fsp3) is 0.471. The minimum absolute atomic E-state index is 0.390. The number of halogens is 1. The molecule has 0 spiro atoms. The molecule has 2 aliphatic rings. The molecule has 23 heavy (non-hydrogen) atoms. The summed E-state index contributed by atoms with van der Waals surface area (Å²) in [6, 6.07) is 6.70. The van der Waals surface area contributed by atoms with E-state index in [0.29, 0.717) is 24.4 Å². The average Bonchev–Trinajstić information content (AvgIpc) is 3.16. The van der Waals surface area contributed by atoms with Crippen LogP contribution in [-0.4, -0.2) is 34.2 Å². The van der Waals surface area contributed by atoms with E-state index in [0.717, 1.165) is 36.8 Å². The number of imidazole rings is 1. The van der Waals surface area contributed by atoms with Gasteiger partial charge in [-0.2, -0.15) is 0 Å². The Bertz CT molecular complexity index is 716. The summed E-state index contributed by atoms with van der Waals surface area (Å²) in [7, 11) is 1.96. The monoisotopic (exact) mass is 333 g/mol. The molecule has 1 aromatic heterocycles. The standard InChI is InChI=1S/C17H20ClN3O2/c1-20-16(18)10-19-17(20)11-21-6-2-3-13(21)12-4-5-14-15(9-12)23-8-7-22-14/h4-5,9-10,13H,2-3,6-8,11H2,1H3/t13-/m0/s1. The summed E-state index contributed by atoms with van der Waals surface area (Å²) in [5.74, 6) is 2.71. The van der Waals surface area contributed by atoms with Gasteiger partial charge in [-0.1, -0.05) is 17.7 Å². The lowest BCUT2D eigenvalue weighted by atomic mass is 10.0. The molecule has 2 aromatic rings. The van der Waals surface area contributed by atoms with E-state index in [2.05, 4.69) is 22.0 Å². The predicted molar refractivity (Wildman–Crippen MR) is 88.0 cm³/mol. The second-order valence-electron chi connectivity index (χ2n) is 6.09. The van der Waals surface area contributed by atoms with Crippen LogP contribution in [0.4, 0.5) is 0 Å². The fourth-order valence-corrected chi connectivity index (χ4v) is 3.56. The highest BCUT2D eigenvalue weighted by molar-refractivity contribution is 6.29. The van der Waals surface area contributed by atoms with Crippen LogP contribution < -0.4 is 9.47 Å². The molecule has 122 valence electrons. The molecule has 3 heterocycles. The van der Waals surface area contributed by atoms with Crippen molar-refractivity contribution in [3.8, 4) is 11.5 Å². The first kappa shape index (κ1) is 14.8. The van der Waals surface area contributed by atoms with E-state index in [4.69, 9.17) is 21.1 Å². The van der Waals surface area contributed by atoms with E-state index in [9.17, 15) is 0 Å². The van der Waals surface area contributed by atoms with Crippen LogP contribution in [-0.2, 0) is 13.6 Å². The number of aromatic nitrogens is 2. The van der Waals surface area contributed by atoms with Gasteiger partial charge in [-0.15, -0.1) is 0 Å². The highest BCUT2D eigenvalue weighted by Gasteiger charge is 2.28. The number of rotatable bonds is 3. The Hall–Kier alpha value is -1.72. The highest BCUT2D eigenvalue weighted by atomic mass is 35.5. The quantitative estimate of drug-likeness (QED) is 0.865. The van der Waals surface area contributed by atoms with Crippen LogP contribution in [0.25, 0.3) is 0 Å². The van der Waals surface area contributed by atoms with E-state index in [-0.39, 0.29) is 0 Å². The average molecular weight is 334 g/mol. The van der Waals surface area contributed by atoms with Gasteiger partial charge in [-0.25, -0.2) is 4.98 Å². The normalized spacial score (nSPS) is 20.9. The van der Waals surface area contributed by atoms with Crippen molar-refractivity contribution < 1.29 is 9.47 Å². The van der Waals surface area contributed by atoms with Crippen molar-refractivity contribution in [2.24, 2.45) is 7.05 Å². The number of ether oxygens (including phenoxy) is 2. The van der Waals surface area contributed by atoms with Crippen molar-refractivity contribution >= 4 is 11.6 Å². The Morgan fingerprint density at radius 2 is 2.09 bits per heavy atom. The lowest BCUT2D eigenvalue weighted by Gasteiger charge is -2.26. The van der Waals surface area contributed by atoms with Crippen LogP contribution in [0.2, 0.25) is 5.15 Å². The second kappa shape index (κ2) is 6.06. The van der Waals surface area contributed by atoms with Gasteiger partial charge >= 0.3 is 0 Å². The third-order valence-corrected chi connectivity index (χ3v) is 5.04. The Morgan fingerprint density at radius 3 is 2.87 bits per heavy atom. The molecule has 5 nitrogen and oxygen atoms in total. The number of fused-ring (bicyclic) bond motifs is 1. The Morgan fingerprint density at radius 1 is 1.26 bits per heavy atom. The van der Waals surface area contributed by atoms with Crippen LogP contribution in [0.15, 0.2) is 24.4 Å². The van der Waals surface area contributed by atoms with Gasteiger partial charge in [0.1, 0.15) is 24.2 Å². The van der Waals surface area contributed by atoms with Crippen molar-refractivity contribution in [1.29, 1.82) is 0 Å². The molecule has 0 bridgehead atoms. The van der Waals surface area contributed by atoms with Gasteiger partial charge in [0.25, 0.3) is 0 Å². The number of nitrogens with zero attached hydrogens (tertiary/aromatic N) is 3. The molecule has 1 saturated heterocycles. The highest BCUT2D eigenvalue weighted by Crippen LogP contribution is 2.38. The zero-order chi connectivity index (χ0) is 15.8. The molecule has 0 radical (unpaired) electrons. The van der Waals surface area contributed by atoms with E-state index >= 15 is 0 Å². The van der Waals surface area contributed by atoms with Gasteiger partial charge in [-0.05, 0) is 37.1 Å². The smallest absolute Gasteiger partial charge is 0.161 e. The first-order chi connectivity index (χ1) is 11.2. The third kappa shape index (κ3) is 2.79. The number of likely N-dealkylation sites (tertiary alicyclic amines) is 1. The van der Waals surface area contributed by atoms with Gasteiger partial charge in [0.05, 0.1) is 12.7 Å². The third-order valence-electron chi connectivity index (χ3n) is 4.69. The Kier molecular flexibility index (Phi) is 3.91. The van der Waals surface area contributed by atoms with Crippen LogP contribution in [0.5, 0.6) is 11.5 Å². The maximum Gasteiger partial charge on any atom is 0.161 e. The van der Waals surface area contributed by atoms with Gasteiger partial charge < -0.3 is 14.0 Å². The second-order valence-corrected chi connectivity index (χ2v) is 6.48. The van der Waals surface area contributed by atoms with Crippen molar-refractivity contribution in [3.05, 3.63) is 40.9 Å². The summed E-state index contributed by atoms with van der Waals surface area (Å²) >= 11 is 6.10. The van der Waals surface area contributed by atoms with E-state index in [1.54, 1.807) is 6.20 Å². The van der Waals surface area contributed by atoms with E-state index in [1.165, 1.54) is 12.0 Å². The molecule has 4 rings (SSSR count). The summed E-state index contributed by atoms with van der Waals surface area (Å²) in [6.07, 6.45) is 4.06. The van der Waals surface area contributed by atoms with Gasteiger partial charge in [0, 0.05) is 13.1 Å². The summed E-state index contributed by atoms with van der Waals surface area (Å²) < 4.78 is 13.3. The largest absolute Gasteiger partial charge is 0.486 e. The minimum atomic E-state index is 0.390. The number of hydrogen-bond donors (Lipinski definition) is 0. The van der Waals surface area contributed by atoms with Gasteiger partial charge in [0.2, 0.25) is 0 Å². The van der Waals surface area contributed by atoms with Crippen LogP contribution >= 0.6 is 11.6 Å². The summed E-state index contributed by atoms with van der Waals surface area (Å²) in [4.78, 5) is 6.88. The zero-order valence-corrected chi connectivity index (χ0v) is 13.9. The topological polar surface area (TPSA) is 39.5 Å². The first-order valence-electron chi connectivity index (χ1n) is 8.02. The molecule has 0 unspecified atom stereocenters. The van der Waals surface area contributed by atoms with Crippen molar-refractivity contribution in [2.75, 3.05) is 19.8 Å². The number of hydrogen-bond acceptors (Lipinski definition) is 4. The van der Waals surface area contributed by atoms with Gasteiger partial charge in [0.15, 0.2) is 11.5 Å². The Labute approximate surface area is 140 Å². The SMILES string of the molecule is Cn1c(Cl)cnc1CN1CCC[C@H]1c1ccc2c(c1)OCCO2. The zero-order valence-electron chi connectivity index (χ0n) is 13.2. The molecule has 1 atom stereocenters. The van der Waals surface area contributed by atoms with E-state index < -0.39 is 0 Å². The van der Waals surface area contributed by atoms with Crippen molar-refractivity contribution in [2.45, 2.75) is 25.4 Å². The molecule has 2 aliphatic heterocycles. The maximum atomic E-state index is 6.10. The predicted octanol–water partition coefficient (Wildman–Crippen LogP) is 3.18. The summed E-state index contributed by atoms with van der Waals surface area (Å²) in [5.41, 5.74) is 1.28. The molecule has 0 saturated carbocycles. The molecular formula is C17H20ClN3O2. The summed E-state index contributed by atoms with van der Waals surface area (Å²) in [6.45, 7) is 3.13. The molecule has 6 heteroatoms. The molecule has 0 aliphatic carbocycles. The van der Waals surface area contributed by atoms with Crippen molar-refractivity contribution in [1.82, 2.24) is 14.5 Å². The van der Waals surface area contributed by atoms with Crippen LogP contribution in [0, 0.1) is 0 Å². The lowest BCUT2D eigenvalue weighted by Crippen LogP contribution is -2.24. The fourth-order valence-electron chi connectivity index (χ4n) is 3.41. The van der Waals surface area contributed by atoms with E-state index in [1.807, 2.05) is 17.7 Å². The maximum absolute atomic E-state index is 6.10. The molecule has 0 N–H and O–H groups in total. The Balaban J connectivity index is 1.56. The molecular weight excluding hydrogens is 314 g/mol. The molecule has 0 amide bonds. The lowest BCUT2D eigenvalue weighted by molar-refractivity contribution is 0.170. The van der Waals surface area contributed by atoms with Crippen LogP contribution in [0.1, 0.15) is 30.3 Å². The summed E-state index contributed by atoms with van der Waals surface area (Å²) in [5, 5.41) is 0.676. The first-order valence-corrected chi connectivity index (χ1v) is 8.40. The molecule has 1 fully saturated rings. The molecule has 1 aromatic carbocycles. The number of benzene rings is 1. The van der Waals surface area contributed by atoms with Gasteiger partial charge in [-0.3, -0.25) is 4.90 Å².